The van der Waals surface area contributed by atoms with Crippen LogP contribution in [0, 0.1) is 5.92 Å². The first-order valence-corrected chi connectivity index (χ1v) is 9.90. The second-order valence-electron chi connectivity index (χ2n) is 6.99. The minimum Gasteiger partial charge on any atom is -0.354 e. The number of hydrogen-bond donors (Lipinski definition) is 1. The Morgan fingerprint density at radius 1 is 1.26 bits per heavy atom. The fourth-order valence-electron chi connectivity index (χ4n) is 3.76. The highest BCUT2D eigenvalue weighted by Gasteiger charge is 2.26. The summed E-state index contributed by atoms with van der Waals surface area (Å²) in [6.45, 7) is 5.12. The first kappa shape index (κ1) is 16.9. The van der Waals surface area contributed by atoms with E-state index in [1.165, 1.54) is 24.8 Å². The molecule has 2 fully saturated rings. The van der Waals surface area contributed by atoms with E-state index >= 15 is 0 Å². The third kappa shape index (κ3) is 4.55. The smallest absolute Gasteiger partial charge is 0.223 e. The van der Waals surface area contributed by atoms with Crippen LogP contribution >= 0.6 is 11.3 Å². The van der Waals surface area contributed by atoms with Crippen molar-refractivity contribution in [2.45, 2.75) is 38.1 Å². The Morgan fingerprint density at radius 2 is 2.00 bits per heavy atom. The quantitative estimate of drug-likeness (QED) is 0.899. The Labute approximate surface area is 143 Å². The van der Waals surface area contributed by atoms with Crippen LogP contribution in [0.15, 0.2) is 16.8 Å². The Morgan fingerprint density at radius 3 is 2.65 bits per heavy atom. The van der Waals surface area contributed by atoms with Crippen LogP contribution in [0.4, 0.5) is 0 Å². The van der Waals surface area contributed by atoms with Crippen LogP contribution in [0.2, 0.25) is 0 Å². The summed E-state index contributed by atoms with van der Waals surface area (Å²) in [5, 5.41) is 7.63. The molecule has 0 spiro atoms. The molecular weight excluding hydrogens is 306 g/mol. The van der Waals surface area contributed by atoms with Gasteiger partial charge in [0.2, 0.25) is 5.91 Å². The summed E-state index contributed by atoms with van der Waals surface area (Å²) in [7, 11) is 2.18. The van der Waals surface area contributed by atoms with Crippen molar-refractivity contribution >= 4 is 17.2 Å². The standard InChI is InChI=1S/C18H29N3OS/c1-20-8-10-21(11-9-20)17(16-7-12-23-14-16)13-19-18(22)15-5-3-2-4-6-15/h7,12,14-15,17H,2-6,8-11,13H2,1H3,(H,19,22)/t17-/m1/s1. The van der Waals surface area contributed by atoms with E-state index in [1.807, 2.05) is 0 Å². The van der Waals surface area contributed by atoms with Crippen molar-refractivity contribution in [1.82, 2.24) is 15.1 Å². The van der Waals surface area contributed by atoms with Gasteiger partial charge in [-0.3, -0.25) is 9.69 Å². The van der Waals surface area contributed by atoms with Gasteiger partial charge in [-0.1, -0.05) is 19.3 Å². The second kappa shape index (κ2) is 8.27. The molecule has 3 rings (SSSR count). The zero-order chi connectivity index (χ0) is 16.1. The van der Waals surface area contributed by atoms with E-state index in [0.29, 0.717) is 6.04 Å². The predicted octanol–water partition coefficient (Wildman–Crippen LogP) is 2.73. The van der Waals surface area contributed by atoms with Gasteiger partial charge in [-0.25, -0.2) is 0 Å². The van der Waals surface area contributed by atoms with Crippen LogP contribution in [-0.2, 0) is 4.79 Å². The number of likely N-dealkylation sites (N-methyl/N-ethyl adjacent to an activating group) is 1. The molecule has 2 heterocycles. The molecule has 4 nitrogen and oxygen atoms in total. The van der Waals surface area contributed by atoms with Crippen LogP contribution in [-0.4, -0.2) is 55.5 Å². The highest BCUT2D eigenvalue weighted by molar-refractivity contribution is 7.07. The van der Waals surface area contributed by atoms with E-state index in [2.05, 4.69) is 39.0 Å². The van der Waals surface area contributed by atoms with E-state index < -0.39 is 0 Å². The summed E-state index contributed by atoms with van der Waals surface area (Å²) in [5.74, 6) is 0.526. The molecule has 1 aromatic rings. The highest BCUT2D eigenvalue weighted by atomic mass is 32.1. The number of piperazine rings is 1. The maximum atomic E-state index is 12.5. The van der Waals surface area contributed by atoms with Crippen LogP contribution in [0.1, 0.15) is 43.7 Å². The van der Waals surface area contributed by atoms with Crippen molar-refractivity contribution in [3.05, 3.63) is 22.4 Å². The van der Waals surface area contributed by atoms with Crippen molar-refractivity contribution in [3.63, 3.8) is 0 Å². The molecule has 128 valence electrons. The largest absolute Gasteiger partial charge is 0.354 e. The SMILES string of the molecule is CN1CCN([C@H](CNC(=O)C2CCCCC2)c2ccsc2)CC1. The van der Waals surface area contributed by atoms with Gasteiger partial charge in [0.25, 0.3) is 0 Å². The number of carbonyl (C=O) groups excluding carboxylic acids is 1. The first-order valence-electron chi connectivity index (χ1n) is 8.96. The lowest BCUT2D eigenvalue weighted by Crippen LogP contribution is -2.48. The van der Waals surface area contributed by atoms with E-state index in [4.69, 9.17) is 0 Å². The third-order valence-electron chi connectivity index (χ3n) is 5.35. The summed E-state index contributed by atoms with van der Waals surface area (Å²) >= 11 is 1.74. The van der Waals surface area contributed by atoms with E-state index in [-0.39, 0.29) is 11.8 Å². The summed E-state index contributed by atoms with van der Waals surface area (Å²) in [5.41, 5.74) is 1.35. The molecule has 1 aliphatic carbocycles. The third-order valence-corrected chi connectivity index (χ3v) is 6.05. The Balaban J connectivity index is 1.59. The number of rotatable bonds is 5. The van der Waals surface area contributed by atoms with Crippen LogP contribution in [0.25, 0.3) is 0 Å². The van der Waals surface area contributed by atoms with Crippen LogP contribution in [0.5, 0.6) is 0 Å². The summed E-state index contributed by atoms with van der Waals surface area (Å²) < 4.78 is 0. The average molecular weight is 336 g/mol. The number of nitrogens with one attached hydrogen (secondary N) is 1. The minimum absolute atomic E-state index is 0.249. The Hall–Kier alpha value is -0.910. The molecule has 1 N–H and O–H groups in total. The van der Waals surface area contributed by atoms with E-state index in [0.717, 1.165) is 45.6 Å². The second-order valence-corrected chi connectivity index (χ2v) is 7.77. The summed E-state index contributed by atoms with van der Waals surface area (Å²) in [6.07, 6.45) is 5.87. The van der Waals surface area contributed by atoms with Gasteiger partial charge in [0.1, 0.15) is 0 Å². The molecule has 1 aromatic heterocycles. The summed E-state index contributed by atoms with van der Waals surface area (Å²) in [6, 6.07) is 2.53. The fourth-order valence-corrected chi connectivity index (χ4v) is 4.47. The maximum Gasteiger partial charge on any atom is 0.223 e. The molecule has 2 aliphatic rings. The molecule has 0 radical (unpaired) electrons. The van der Waals surface area contributed by atoms with Crippen molar-refractivity contribution in [1.29, 1.82) is 0 Å². The van der Waals surface area contributed by atoms with Gasteiger partial charge < -0.3 is 10.2 Å². The molecule has 0 unspecified atom stereocenters. The monoisotopic (exact) mass is 335 g/mol. The lowest BCUT2D eigenvalue weighted by atomic mass is 9.88. The highest BCUT2D eigenvalue weighted by Crippen LogP contribution is 2.26. The molecule has 1 aliphatic heterocycles. The van der Waals surface area contributed by atoms with Gasteiger partial charge in [0.15, 0.2) is 0 Å². The maximum absolute atomic E-state index is 12.5. The summed E-state index contributed by atoms with van der Waals surface area (Å²) in [4.78, 5) is 17.4. The van der Waals surface area contributed by atoms with Crippen LogP contribution < -0.4 is 5.32 Å². The zero-order valence-electron chi connectivity index (χ0n) is 14.2. The van der Waals surface area contributed by atoms with E-state index in [9.17, 15) is 4.79 Å². The molecule has 1 saturated carbocycles. The van der Waals surface area contributed by atoms with Gasteiger partial charge in [-0.05, 0) is 42.3 Å². The molecule has 0 aromatic carbocycles. The number of carbonyl (C=O) groups is 1. The lowest BCUT2D eigenvalue weighted by Gasteiger charge is -2.38. The van der Waals surface area contributed by atoms with Gasteiger partial charge in [0, 0.05) is 38.6 Å². The molecular formula is C18H29N3OS. The van der Waals surface area contributed by atoms with Crippen LogP contribution in [0.3, 0.4) is 0 Å². The lowest BCUT2D eigenvalue weighted by molar-refractivity contribution is -0.126. The molecule has 1 amide bonds. The van der Waals surface area contributed by atoms with Crippen molar-refractivity contribution in [2.24, 2.45) is 5.92 Å². The number of hydrogen-bond acceptors (Lipinski definition) is 4. The van der Waals surface area contributed by atoms with Crippen molar-refractivity contribution in [3.8, 4) is 0 Å². The molecule has 23 heavy (non-hydrogen) atoms. The molecule has 0 bridgehead atoms. The van der Waals surface area contributed by atoms with Crippen molar-refractivity contribution in [2.75, 3.05) is 39.8 Å². The first-order chi connectivity index (χ1) is 11.2. The predicted molar refractivity (Wildman–Crippen MR) is 95.7 cm³/mol. The number of thiophene rings is 1. The van der Waals surface area contributed by atoms with Crippen molar-refractivity contribution < 1.29 is 4.79 Å². The normalized spacial score (nSPS) is 22.8. The topological polar surface area (TPSA) is 35.6 Å². The van der Waals surface area contributed by atoms with Gasteiger partial charge >= 0.3 is 0 Å². The van der Waals surface area contributed by atoms with Gasteiger partial charge in [-0.2, -0.15) is 11.3 Å². The Kier molecular flexibility index (Phi) is 6.08. The molecule has 1 atom stereocenters. The molecule has 1 saturated heterocycles. The minimum atomic E-state index is 0.249. The zero-order valence-corrected chi connectivity index (χ0v) is 15.0. The average Bonchev–Trinajstić information content (AvgIpc) is 3.11. The van der Waals surface area contributed by atoms with Gasteiger partial charge in [-0.15, -0.1) is 0 Å². The molecule has 5 heteroatoms. The number of amides is 1. The van der Waals surface area contributed by atoms with E-state index in [1.54, 1.807) is 11.3 Å². The van der Waals surface area contributed by atoms with Gasteiger partial charge in [0.05, 0.1) is 6.04 Å². The Bertz CT molecular complexity index is 476. The number of nitrogens with zero attached hydrogens (tertiary/aromatic N) is 2. The fraction of sp³-hybridized carbons (Fsp3) is 0.722.